The molecule has 3 aliphatic rings. The van der Waals surface area contributed by atoms with Crippen molar-refractivity contribution in [2.24, 2.45) is 11.8 Å². The van der Waals surface area contributed by atoms with Gasteiger partial charge in [0.1, 0.15) is 5.75 Å². The van der Waals surface area contributed by atoms with E-state index in [0.717, 1.165) is 48.7 Å². The van der Waals surface area contributed by atoms with Crippen LogP contribution in [0.2, 0.25) is 0 Å². The summed E-state index contributed by atoms with van der Waals surface area (Å²) in [4.78, 5) is 18.8. The highest BCUT2D eigenvalue weighted by Crippen LogP contribution is 2.40. The minimum absolute atomic E-state index is 0.00150. The number of hydrogen-bond donors (Lipinski definition) is 1. The number of hydrogen-bond acceptors (Lipinski definition) is 6. The van der Waals surface area contributed by atoms with Crippen LogP contribution in [0, 0.1) is 11.8 Å². The smallest absolute Gasteiger partial charge is 0.258 e. The number of β-amino-alcohol motifs (C(OH)–C–C–N with tert-alkyl or cyclic N) is 1. The molecule has 7 nitrogen and oxygen atoms in total. The number of carbonyl (C=O) groups is 1. The Morgan fingerprint density at radius 2 is 2.06 bits per heavy atom. The van der Waals surface area contributed by atoms with Crippen molar-refractivity contribution < 1.29 is 19.2 Å². The van der Waals surface area contributed by atoms with Crippen LogP contribution in [0.4, 0.5) is 0 Å². The highest BCUT2D eigenvalue weighted by atomic mass is 16.5. The van der Waals surface area contributed by atoms with Crippen LogP contribution >= 0.6 is 0 Å². The van der Waals surface area contributed by atoms with Crippen molar-refractivity contribution in [2.75, 3.05) is 26.3 Å². The third kappa shape index (κ3) is 4.74. The van der Waals surface area contributed by atoms with E-state index in [-0.39, 0.29) is 18.4 Å². The van der Waals surface area contributed by atoms with Gasteiger partial charge in [0.15, 0.2) is 5.82 Å². The summed E-state index contributed by atoms with van der Waals surface area (Å²) in [5.74, 6) is 3.00. The molecule has 2 aromatic rings. The molecule has 174 valence electrons. The summed E-state index contributed by atoms with van der Waals surface area (Å²) >= 11 is 0. The van der Waals surface area contributed by atoms with Crippen LogP contribution in [0.25, 0.3) is 17.0 Å². The molecule has 2 fully saturated rings. The lowest BCUT2D eigenvalue weighted by Crippen LogP contribution is -2.28. The summed E-state index contributed by atoms with van der Waals surface area (Å²) < 4.78 is 11.4. The second-order valence-corrected chi connectivity index (χ2v) is 9.18. The van der Waals surface area contributed by atoms with Crippen molar-refractivity contribution in [3.05, 3.63) is 47.3 Å². The highest BCUT2D eigenvalue weighted by molar-refractivity contribution is 5.80. The Bertz CT molecular complexity index is 1070. The molecule has 1 aromatic carbocycles. The lowest BCUT2D eigenvalue weighted by molar-refractivity contribution is -0.128. The quantitative estimate of drug-likeness (QED) is 0.616. The number of aromatic nitrogens is 2. The highest BCUT2D eigenvalue weighted by Gasteiger charge is 2.34. The van der Waals surface area contributed by atoms with Crippen molar-refractivity contribution in [3.8, 4) is 17.2 Å². The monoisotopic (exact) mass is 449 g/mol. The van der Waals surface area contributed by atoms with Gasteiger partial charge in [0.25, 0.3) is 5.89 Å². The Labute approximate surface area is 194 Å². The van der Waals surface area contributed by atoms with E-state index in [2.05, 4.69) is 18.2 Å². The second-order valence-electron chi connectivity index (χ2n) is 9.18. The molecular weight excluding hydrogens is 418 g/mol. The van der Waals surface area contributed by atoms with Crippen LogP contribution in [-0.4, -0.2) is 52.4 Å². The van der Waals surface area contributed by atoms with E-state index in [1.165, 1.54) is 24.0 Å². The van der Waals surface area contributed by atoms with E-state index in [1.807, 2.05) is 24.3 Å². The van der Waals surface area contributed by atoms with Crippen LogP contribution in [0.1, 0.15) is 51.3 Å². The molecule has 1 unspecified atom stereocenters. The maximum atomic E-state index is 12.3. The zero-order valence-corrected chi connectivity index (χ0v) is 19.1. The number of aliphatic hydroxyl groups is 1. The van der Waals surface area contributed by atoms with Gasteiger partial charge in [-0.3, -0.25) is 4.79 Å². The van der Waals surface area contributed by atoms with Crippen LogP contribution < -0.4 is 4.74 Å². The lowest BCUT2D eigenvalue weighted by Gasteiger charge is -2.24. The van der Waals surface area contributed by atoms with E-state index >= 15 is 0 Å². The maximum absolute atomic E-state index is 12.3. The Morgan fingerprint density at radius 1 is 1.24 bits per heavy atom. The molecule has 7 heteroatoms. The van der Waals surface area contributed by atoms with E-state index in [4.69, 9.17) is 14.2 Å². The average molecular weight is 450 g/mol. The number of amides is 1. The third-order valence-electron chi connectivity index (χ3n) is 6.83. The normalized spacial score (nSPS) is 21.0. The number of likely N-dealkylation sites (tertiary alicyclic amines) is 1. The van der Waals surface area contributed by atoms with Crippen molar-refractivity contribution in [2.45, 2.75) is 45.4 Å². The molecule has 1 amide bonds. The predicted octanol–water partition coefficient (Wildman–Crippen LogP) is 4.25. The standard InChI is InChI=1S/C26H31N3O4/c1-2-21-22(19-14-24(31)29(15-19)12-13-30)4-3-5-23(21)25-27-26(33-28-25)18-8-10-20(11-9-18)32-16-17-6-7-17/h4,8-11,17,19,30H,2-3,5-7,12-16H2,1H3. The van der Waals surface area contributed by atoms with Gasteiger partial charge in [-0.25, -0.2) is 0 Å². The number of ether oxygens (including phenoxy) is 1. The fraction of sp³-hybridized carbons (Fsp3) is 0.500. The summed E-state index contributed by atoms with van der Waals surface area (Å²) in [6.45, 7) is 3.99. The molecule has 2 aliphatic carbocycles. The van der Waals surface area contributed by atoms with Crippen molar-refractivity contribution >= 4 is 11.5 Å². The van der Waals surface area contributed by atoms with E-state index in [0.29, 0.717) is 31.2 Å². The first-order valence-electron chi connectivity index (χ1n) is 12.0. The van der Waals surface area contributed by atoms with Gasteiger partial charge in [-0.2, -0.15) is 4.98 Å². The number of carbonyl (C=O) groups excluding carboxylic acids is 1. The molecule has 1 aliphatic heterocycles. The first-order valence-corrected chi connectivity index (χ1v) is 12.0. The van der Waals surface area contributed by atoms with Crippen LogP contribution in [0.3, 0.4) is 0 Å². The topological polar surface area (TPSA) is 88.7 Å². The van der Waals surface area contributed by atoms with Gasteiger partial charge in [0.05, 0.1) is 13.2 Å². The summed E-state index contributed by atoms with van der Waals surface area (Å²) in [6, 6.07) is 7.82. The van der Waals surface area contributed by atoms with Gasteiger partial charge in [-0.05, 0) is 73.4 Å². The van der Waals surface area contributed by atoms with Gasteiger partial charge in [-0.15, -0.1) is 0 Å². The maximum Gasteiger partial charge on any atom is 0.258 e. The number of rotatable bonds is 9. The number of aliphatic hydroxyl groups excluding tert-OH is 1. The van der Waals surface area contributed by atoms with Crippen molar-refractivity contribution in [3.63, 3.8) is 0 Å². The van der Waals surface area contributed by atoms with Gasteiger partial charge >= 0.3 is 0 Å². The lowest BCUT2D eigenvalue weighted by atomic mass is 9.81. The summed E-state index contributed by atoms with van der Waals surface area (Å²) in [5.41, 5.74) is 4.44. The Kier molecular flexibility index (Phi) is 6.31. The number of benzene rings is 1. The van der Waals surface area contributed by atoms with Crippen molar-refractivity contribution in [1.82, 2.24) is 15.0 Å². The first kappa shape index (κ1) is 21.9. The summed E-state index contributed by atoms with van der Waals surface area (Å²) in [6.07, 6.45) is 7.92. The van der Waals surface area contributed by atoms with Crippen molar-refractivity contribution in [1.29, 1.82) is 0 Å². The fourth-order valence-electron chi connectivity index (χ4n) is 4.87. The zero-order valence-electron chi connectivity index (χ0n) is 19.1. The minimum atomic E-state index is -0.00150. The predicted molar refractivity (Wildman–Crippen MR) is 124 cm³/mol. The molecule has 1 saturated heterocycles. The fourth-order valence-corrected chi connectivity index (χ4v) is 4.87. The van der Waals surface area contributed by atoms with E-state index in [9.17, 15) is 9.90 Å². The van der Waals surface area contributed by atoms with Gasteiger partial charge in [0.2, 0.25) is 5.91 Å². The minimum Gasteiger partial charge on any atom is -0.493 e. The molecular formula is C26H31N3O4. The van der Waals surface area contributed by atoms with Gasteiger partial charge in [0, 0.05) is 36.6 Å². The van der Waals surface area contributed by atoms with Crippen LogP contribution in [-0.2, 0) is 4.79 Å². The molecule has 1 aromatic heterocycles. The number of nitrogens with zero attached hydrogens (tertiary/aromatic N) is 3. The average Bonchev–Trinajstić information content (AvgIpc) is 3.42. The van der Waals surface area contributed by atoms with E-state index < -0.39 is 0 Å². The third-order valence-corrected chi connectivity index (χ3v) is 6.83. The molecule has 1 N–H and O–H groups in total. The van der Waals surface area contributed by atoms with Gasteiger partial charge < -0.3 is 19.3 Å². The molecule has 0 spiro atoms. The number of allylic oxidation sites excluding steroid dienone is 3. The van der Waals surface area contributed by atoms with Gasteiger partial charge in [-0.1, -0.05) is 18.2 Å². The van der Waals surface area contributed by atoms with E-state index in [1.54, 1.807) is 4.90 Å². The molecule has 0 bridgehead atoms. The molecule has 2 heterocycles. The molecule has 0 radical (unpaired) electrons. The van der Waals surface area contributed by atoms with Crippen LogP contribution in [0.5, 0.6) is 5.75 Å². The molecule has 1 saturated carbocycles. The Morgan fingerprint density at radius 3 is 2.79 bits per heavy atom. The van der Waals surface area contributed by atoms with Crippen LogP contribution in [0.15, 0.2) is 46.0 Å². The Balaban J connectivity index is 1.34. The molecule has 5 rings (SSSR count). The zero-order chi connectivity index (χ0) is 22.8. The summed E-state index contributed by atoms with van der Waals surface area (Å²) in [7, 11) is 0. The second kappa shape index (κ2) is 9.51. The first-order chi connectivity index (χ1) is 16.2. The molecule has 33 heavy (non-hydrogen) atoms. The largest absolute Gasteiger partial charge is 0.493 e. The molecule has 1 atom stereocenters. The Hall–Kier alpha value is -2.93. The SMILES string of the molecule is CCC1=C(c2noc(-c3ccc(OCC4CC4)cc3)n2)CCC=C1C1CC(=O)N(CCO)C1. The summed E-state index contributed by atoms with van der Waals surface area (Å²) in [5, 5.41) is 13.6.